The number of methoxy groups -OCH3 is 2. The summed E-state index contributed by atoms with van der Waals surface area (Å²) < 4.78 is 17.0. The number of ketones is 1. The van der Waals surface area contributed by atoms with Crippen molar-refractivity contribution in [2.24, 2.45) is 0 Å². The molecule has 0 unspecified atom stereocenters. The molecule has 1 heterocycles. The Morgan fingerprint density at radius 2 is 1.88 bits per heavy atom. The molecule has 0 radical (unpaired) electrons. The van der Waals surface area contributed by atoms with Crippen molar-refractivity contribution in [2.45, 2.75) is 5.22 Å². The summed E-state index contributed by atoms with van der Waals surface area (Å²) in [6, 6.07) is 12.6. The fraction of sp³-hybridized carbons (Fsp3) is 0.167. The van der Waals surface area contributed by atoms with Crippen molar-refractivity contribution in [3.8, 4) is 23.0 Å². The third kappa shape index (κ3) is 4.25. The summed E-state index contributed by atoms with van der Waals surface area (Å²) >= 11 is 4.57. The van der Waals surface area contributed by atoms with Crippen molar-refractivity contribution in [2.75, 3.05) is 20.0 Å². The first-order chi connectivity index (χ1) is 12.6. The molecule has 3 rings (SSSR count). The summed E-state index contributed by atoms with van der Waals surface area (Å²) in [7, 11) is 3.08. The Hall–Kier alpha value is -2.32. The minimum Gasteiger partial charge on any atom is -0.497 e. The molecule has 0 saturated carbocycles. The molecule has 0 atom stereocenters. The van der Waals surface area contributed by atoms with Crippen molar-refractivity contribution < 1.29 is 18.7 Å². The Bertz CT molecular complexity index is 912. The van der Waals surface area contributed by atoms with E-state index in [0.29, 0.717) is 28.2 Å². The van der Waals surface area contributed by atoms with Crippen molar-refractivity contribution in [1.29, 1.82) is 0 Å². The number of nitrogens with zero attached hydrogens (tertiary/aromatic N) is 2. The maximum atomic E-state index is 12.5. The molecule has 0 aliphatic heterocycles. The number of halogens is 1. The normalized spacial score (nSPS) is 10.6. The van der Waals surface area contributed by atoms with E-state index < -0.39 is 0 Å². The molecule has 0 fully saturated rings. The molecule has 6 nitrogen and oxygen atoms in total. The highest BCUT2D eigenvalue weighted by molar-refractivity contribution is 9.10. The molecule has 0 amide bonds. The monoisotopic (exact) mass is 434 g/mol. The molecule has 1 aromatic heterocycles. The average Bonchev–Trinajstić information content (AvgIpc) is 3.15. The van der Waals surface area contributed by atoms with E-state index in [9.17, 15) is 4.79 Å². The predicted octanol–water partition coefficient (Wildman–Crippen LogP) is 4.49. The zero-order chi connectivity index (χ0) is 18.5. The van der Waals surface area contributed by atoms with Gasteiger partial charge in [0.05, 0.1) is 25.5 Å². The molecular weight excluding hydrogens is 420 g/mol. The van der Waals surface area contributed by atoms with Crippen LogP contribution in [0, 0.1) is 0 Å². The molecule has 3 aromatic rings. The van der Waals surface area contributed by atoms with Crippen LogP contribution in [-0.2, 0) is 0 Å². The summed E-state index contributed by atoms with van der Waals surface area (Å²) in [5, 5.41) is 8.34. The third-order valence-corrected chi connectivity index (χ3v) is 4.88. The number of hydrogen-bond donors (Lipinski definition) is 0. The lowest BCUT2D eigenvalue weighted by Gasteiger charge is -2.08. The maximum absolute atomic E-state index is 12.5. The van der Waals surface area contributed by atoms with Gasteiger partial charge >= 0.3 is 0 Å². The average molecular weight is 435 g/mol. The second-order valence-electron chi connectivity index (χ2n) is 5.16. The quantitative estimate of drug-likeness (QED) is 0.400. The van der Waals surface area contributed by atoms with Gasteiger partial charge in [0.1, 0.15) is 11.5 Å². The van der Waals surface area contributed by atoms with Crippen molar-refractivity contribution in [1.82, 2.24) is 10.2 Å². The molecule has 0 bridgehead atoms. The summed E-state index contributed by atoms with van der Waals surface area (Å²) in [6.45, 7) is 0. The zero-order valence-corrected chi connectivity index (χ0v) is 16.5. The number of carbonyl (C=O) groups excluding carboxylic acids is 1. The molecule has 26 heavy (non-hydrogen) atoms. The summed E-state index contributed by atoms with van der Waals surface area (Å²) in [5.74, 6) is 1.57. The van der Waals surface area contributed by atoms with Crippen LogP contribution < -0.4 is 9.47 Å². The summed E-state index contributed by atoms with van der Waals surface area (Å²) in [5.41, 5.74) is 1.30. The zero-order valence-electron chi connectivity index (χ0n) is 14.1. The summed E-state index contributed by atoms with van der Waals surface area (Å²) in [6.07, 6.45) is 0. The molecule has 134 valence electrons. The Labute approximate surface area is 163 Å². The maximum Gasteiger partial charge on any atom is 0.277 e. The topological polar surface area (TPSA) is 74.5 Å². The number of thioether (sulfide) groups is 1. The molecular formula is C18H15BrN2O4S. The smallest absolute Gasteiger partial charge is 0.277 e. The first-order valence-corrected chi connectivity index (χ1v) is 9.36. The van der Waals surface area contributed by atoms with E-state index in [4.69, 9.17) is 13.9 Å². The molecule has 0 N–H and O–H groups in total. The van der Waals surface area contributed by atoms with Crippen molar-refractivity contribution in [3.63, 3.8) is 0 Å². The molecule has 0 aliphatic carbocycles. The Morgan fingerprint density at radius 3 is 2.58 bits per heavy atom. The highest BCUT2D eigenvalue weighted by atomic mass is 79.9. The number of aromatic nitrogens is 2. The van der Waals surface area contributed by atoms with Gasteiger partial charge in [0.15, 0.2) is 5.78 Å². The lowest BCUT2D eigenvalue weighted by Crippen LogP contribution is -2.05. The van der Waals surface area contributed by atoms with E-state index in [1.807, 2.05) is 24.3 Å². The first kappa shape index (κ1) is 18.5. The Morgan fingerprint density at radius 1 is 1.12 bits per heavy atom. The van der Waals surface area contributed by atoms with Gasteiger partial charge in [0.2, 0.25) is 5.89 Å². The van der Waals surface area contributed by atoms with E-state index >= 15 is 0 Å². The van der Waals surface area contributed by atoms with Gasteiger partial charge in [0, 0.05) is 16.1 Å². The molecule has 0 spiro atoms. The van der Waals surface area contributed by atoms with Crippen LogP contribution in [0.5, 0.6) is 11.5 Å². The minimum atomic E-state index is -0.0992. The van der Waals surface area contributed by atoms with Crippen molar-refractivity contribution in [3.05, 3.63) is 52.5 Å². The van der Waals surface area contributed by atoms with Crippen molar-refractivity contribution >= 4 is 33.5 Å². The van der Waals surface area contributed by atoms with Gasteiger partial charge in [-0.3, -0.25) is 4.79 Å². The Kier molecular flexibility index (Phi) is 5.95. The molecule has 0 saturated heterocycles. The second-order valence-corrected chi connectivity index (χ2v) is 7.00. The van der Waals surface area contributed by atoms with E-state index in [0.717, 1.165) is 10.0 Å². The van der Waals surface area contributed by atoms with E-state index in [1.165, 1.54) is 18.9 Å². The summed E-state index contributed by atoms with van der Waals surface area (Å²) in [4.78, 5) is 12.5. The fourth-order valence-electron chi connectivity index (χ4n) is 2.21. The van der Waals surface area contributed by atoms with E-state index in [1.54, 1.807) is 25.3 Å². The van der Waals surface area contributed by atoms with Crippen LogP contribution in [-0.4, -0.2) is 36.0 Å². The number of carbonyl (C=O) groups is 1. The largest absolute Gasteiger partial charge is 0.497 e. The van der Waals surface area contributed by atoms with Gasteiger partial charge in [-0.25, -0.2) is 0 Å². The van der Waals surface area contributed by atoms with Crippen LogP contribution in [0.2, 0.25) is 0 Å². The molecule has 8 heteroatoms. The number of benzene rings is 2. The standard InChI is InChI=1S/C18H15BrN2O4S/c1-23-13-7-8-14(16(9-13)24-2)15(22)10-26-18-21-20-17(25-18)11-3-5-12(19)6-4-11/h3-9H,10H2,1-2H3. The highest BCUT2D eigenvalue weighted by Gasteiger charge is 2.16. The predicted molar refractivity (Wildman–Crippen MR) is 102 cm³/mol. The minimum absolute atomic E-state index is 0.0992. The molecule has 0 aliphatic rings. The SMILES string of the molecule is COc1ccc(C(=O)CSc2nnc(-c3ccc(Br)cc3)o2)c(OC)c1. The highest BCUT2D eigenvalue weighted by Crippen LogP contribution is 2.28. The molecule has 2 aromatic carbocycles. The van der Waals surface area contributed by atoms with Crippen LogP contribution in [0.4, 0.5) is 0 Å². The number of Topliss-reactive ketones (excluding diaryl/α,β-unsaturated/α-hetero) is 1. The fourth-order valence-corrected chi connectivity index (χ4v) is 3.12. The van der Waals surface area contributed by atoms with E-state index in [2.05, 4.69) is 26.1 Å². The van der Waals surface area contributed by atoms with Crippen LogP contribution in [0.3, 0.4) is 0 Å². The lowest BCUT2D eigenvalue weighted by atomic mass is 10.1. The van der Waals surface area contributed by atoms with Crippen LogP contribution >= 0.6 is 27.7 Å². The Balaban J connectivity index is 1.68. The number of hydrogen-bond acceptors (Lipinski definition) is 7. The van der Waals surface area contributed by atoms with Gasteiger partial charge in [-0.05, 0) is 36.4 Å². The second kappa shape index (κ2) is 8.37. The van der Waals surface area contributed by atoms with Gasteiger partial charge in [-0.1, -0.05) is 27.7 Å². The van der Waals surface area contributed by atoms with E-state index in [-0.39, 0.29) is 11.5 Å². The van der Waals surface area contributed by atoms with Crippen LogP contribution in [0.15, 0.2) is 56.6 Å². The number of ether oxygens (including phenoxy) is 2. The van der Waals surface area contributed by atoms with Crippen LogP contribution in [0.25, 0.3) is 11.5 Å². The van der Waals surface area contributed by atoms with Gasteiger partial charge in [0.25, 0.3) is 5.22 Å². The van der Waals surface area contributed by atoms with Gasteiger partial charge < -0.3 is 13.9 Å². The van der Waals surface area contributed by atoms with Gasteiger partial charge in [-0.2, -0.15) is 0 Å². The lowest BCUT2D eigenvalue weighted by molar-refractivity contribution is 0.101. The third-order valence-electron chi connectivity index (χ3n) is 3.53. The van der Waals surface area contributed by atoms with Gasteiger partial charge in [-0.15, -0.1) is 10.2 Å². The first-order valence-electron chi connectivity index (χ1n) is 7.58. The van der Waals surface area contributed by atoms with Crippen LogP contribution in [0.1, 0.15) is 10.4 Å². The number of rotatable bonds is 7.